The summed E-state index contributed by atoms with van der Waals surface area (Å²) in [7, 11) is 0. The van der Waals surface area contributed by atoms with Gasteiger partial charge in [0.25, 0.3) is 5.56 Å². The second-order valence-corrected chi connectivity index (χ2v) is 9.48. The molecule has 0 aliphatic heterocycles. The Morgan fingerprint density at radius 2 is 1.88 bits per heavy atom. The topological polar surface area (TPSA) is 55.2 Å². The highest BCUT2D eigenvalue weighted by molar-refractivity contribution is 7.99. The van der Waals surface area contributed by atoms with Crippen LogP contribution in [-0.4, -0.2) is 32.7 Å². The lowest BCUT2D eigenvalue weighted by Gasteiger charge is -2.21. The number of thiophene rings is 1. The van der Waals surface area contributed by atoms with Gasteiger partial charge in [0.05, 0.1) is 17.0 Å². The maximum absolute atomic E-state index is 13.3. The monoisotopic (exact) mass is 463 g/mol. The molecule has 0 atom stereocenters. The highest BCUT2D eigenvalue weighted by Crippen LogP contribution is 2.25. The molecule has 4 rings (SSSR count). The third-order valence-corrected chi connectivity index (χ3v) is 7.29. The number of amides is 1. The molecule has 0 aliphatic carbocycles. The van der Waals surface area contributed by atoms with Crippen LogP contribution in [0.1, 0.15) is 23.6 Å². The number of aryl methyl sites for hydroxylation is 2. The van der Waals surface area contributed by atoms with Crippen molar-refractivity contribution in [2.24, 2.45) is 0 Å². The second-order valence-electron chi connectivity index (χ2n) is 7.62. The minimum atomic E-state index is -0.0974. The molecule has 5 nitrogen and oxygen atoms in total. The maximum Gasteiger partial charge on any atom is 0.276 e. The van der Waals surface area contributed by atoms with Gasteiger partial charge >= 0.3 is 0 Å². The van der Waals surface area contributed by atoms with E-state index in [0.29, 0.717) is 28.5 Å². The molecular formula is C25H25N3O2S2. The lowest BCUT2D eigenvalue weighted by molar-refractivity contribution is -0.128. The van der Waals surface area contributed by atoms with Crippen LogP contribution in [0.4, 0.5) is 0 Å². The molecule has 0 saturated heterocycles. The van der Waals surface area contributed by atoms with Gasteiger partial charge in [-0.1, -0.05) is 48.2 Å². The Hall–Kier alpha value is -2.90. The van der Waals surface area contributed by atoms with E-state index < -0.39 is 0 Å². The number of fused-ring (bicyclic) bond motifs is 1. The van der Waals surface area contributed by atoms with Crippen molar-refractivity contribution in [1.29, 1.82) is 0 Å². The Labute approximate surface area is 195 Å². The summed E-state index contributed by atoms with van der Waals surface area (Å²) in [5.41, 5.74) is 4.71. The Morgan fingerprint density at radius 3 is 2.59 bits per heavy atom. The van der Waals surface area contributed by atoms with Crippen molar-refractivity contribution < 1.29 is 4.79 Å². The van der Waals surface area contributed by atoms with Crippen LogP contribution in [0.25, 0.3) is 15.9 Å². The van der Waals surface area contributed by atoms with Gasteiger partial charge in [-0.3, -0.25) is 14.2 Å². The molecule has 7 heteroatoms. The molecule has 0 spiro atoms. The van der Waals surface area contributed by atoms with Gasteiger partial charge in [0.2, 0.25) is 5.91 Å². The van der Waals surface area contributed by atoms with Crippen molar-refractivity contribution >= 4 is 39.2 Å². The normalized spacial score (nSPS) is 11.1. The molecule has 2 aromatic heterocycles. The van der Waals surface area contributed by atoms with Crippen molar-refractivity contribution in [3.8, 4) is 5.69 Å². The third-order valence-electron chi connectivity index (χ3n) is 5.47. The van der Waals surface area contributed by atoms with E-state index in [1.165, 1.54) is 23.1 Å². The number of carbonyl (C=O) groups excluding carboxylic acids is 1. The summed E-state index contributed by atoms with van der Waals surface area (Å²) in [6.07, 6.45) is 0. The summed E-state index contributed by atoms with van der Waals surface area (Å²) in [6, 6.07) is 17.8. The molecule has 0 saturated carbocycles. The predicted molar refractivity (Wildman–Crippen MR) is 133 cm³/mol. The van der Waals surface area contributed by atoms with Gasteiger partial charge in [-0.05, 0) is 61.0 Å². The smallest absolute Gasteiger partial charge is 0.276 e. The van der Waals surface area contributed by atoms with E-state index in [-0.39, 0.29) is 17.2 Å². The van der Waals surface area contributed by atoms with Gasteiger partial charge in [-0.15, -0.1) is 11.3 Å². The highest BCUT2D eigenvalue weighted by atomic mass is 32.2. The summed E-state index contributed by atoms with van der Waals surface area (Å²) in [4.78, 5) is 32.9. The van der Waals surface area contributed by atoms with Crippen LogP contribution < -0.4 is 5.56 Å². The standard InChI is InChI=1S/C25H25N3O2S2/c1-4-27(15-19-8-6-5-7-9-19)22(29)16-32-25-26-21-12-13-31-23(21)24(30)28(25)20-11-10-17(2)18(3)14-20/h5-14H,4,15-16H2,1-3H3. The van der Waals surface area contributed by atoms with Crippen molar-refractivity contribution in [2.75, 3.05) is 12.3 Å². The summed E-state index contributed by atoms with van der Waals surface area (Å²) in [5, 5.41) is 2.41. The first-order chi connectivity index (χ1) is 15.5. The van der Waals surface area contributed by atoms with Crippen LogP contribution in [0, 0.1) is 13.8 Å². The zero-order chi connectivity index (χ0) is 22.7. The molecule has 0 N–H and O–H groups in total. The molecule has 0 aliphatic rings. The van der Waals surface area contributed by atoms with Gasteiger partial charge in [-0.25, -0.2) is 4.98 Å². The number of aromatic nitrogens is 2. The molecule has 2 heterocycles. The van der Waals surface area contributed by atoms with E-state index in [4.69, 9.17) is 4.98 Å². The van der Waals surface area contributed by atoms with E-state index in [2.05, 4.69) is 0 Å². The highest BCUT2D eigenvalue weighted by Gasteiger charge is 2.18. The van der Waals surface area contributed by atoms with E-state index in [9.17, 15) is 9.59 Å². The molecule has 0 fully saturated rings. The SMILES string of the molecule is CCN(Cc1ccccc1)C(=O)CSc1nc2ccsc2c(=O)n1-c1ccc(C)c(C)c1. The number of thioether (sulfide) groups is 1. The fraction of sp³-hybridized carbons (Fsp3) is 0.240. The first kappa shape index (κ1) is 22.3. The van der Waals surface area contributed by atoms with Crippen LogP contribution in [0.2, 0.25) is 0 Å². The maximum atomic E-state index is 13.3. The summed E-state index contributed by atoms with van der Waals surface area (Å²) >= 11 is 2.70. The van der Waals surface area contributed by atoms with Crippen molar-refractivity contribution in [1.82, 2.24) is 14.5 Å². The number of hydrogen-bond acceptors (Lipinski definition) is 5. The molecule has 4 aromatic rings. The fourth-order valence-corrected chi connectivity index (χ4v) is 5.15. The first-order valence-electron chi connectivity index (χ1n) is 10.5. The van der Waals surface area contributed by atoms with Gasteiger partial charge in [-0.2, -0.15) is 0 Å². The molecule has 32 heavy (non-hydrogen) atoms. The largest absolute Gasteiger partial charge is 0.338 e. The Balaban J connectivity index is 1.64. The van der Waals surface area contributed by atoms with Crippen LogP contribution in [0.3, 0.4) is 0 Å². The summed E-state index contributed by atoms with van der Waals surface area (Å²) < 4.78 is 2.26. The quantitative estimate of drug-likeness (QED) is 0.279. The van der Waals surface area contributed by atoms with E-state index in [1.807, 2.05) is 85.6 Å². The Kier molecular flexibility index (Phi) is 6.77. The van der Waals surface area contributed by atoms with E-state index >= 15 is 0 Å². The van der Waals surface area contributed by atoms with Gasteiger partial charge in [0.15, 0.2) is 5.16 Å². The number of hydrogen-bond donors (Lipinski definition) is 0. The number of carbonyl (C=O) groups is 1. The van der Waals surface area contributed by atoms with Gasteiger partial charge in [0, 0.05) is 13.1 Å². The average molecular weight is 464 g/mol. The number of rotatable bonds is 7. The van der Waals surface area contributed by atoms with Crippen molar-refractivity contribution in [3.63, 3.8) is 0 Å². The molecule has 0 radical (unpaired) electrons. The Morgan fingerprint density at radius 1 is 1.09 bits per heavy atom. The van der Waals surface area contributed by atoms with Crippen LogP contribution >= 0.6 is 23.1 Å². The lowest BCUT2D eigenvalue weighted by Crippen LogP contribution is -2.32. The zero-order valence-corrected chi connectivity index (χ0v) is 20.0. The minimum Gasteiger partial charge on any atom is -0.338 e. The molecule has 1 amide bonds. The molecule has 0 bridgehead atoms. The summed E-state index contributed by atoms with van der Waals surface area (Å²) in [6.45, 7) is 7.24. The first-order valence-corrected chi connectivity index (χ1v) is 12.4. The average Bonchev–Trinajstić information content (AvgIpc) is 3.27. The second kappa shape index (κ2) is 9.71. The lowest BCUT2D eigenvalue weighted by atomic mass is 10.1. The van der Waals surface area contributed by atoms with E-state index in [1.54, 1.807) is 4.57 Å². The number of benzene rings is 2. The van der Waals surface area contributed by atoms with Crippen molar-refractivity contribution in [2.45, 2.75) is 32.5 Å². The van der Waals surface area contributed by atoms with E-state index in [0.717, 1.165) is 22.4 Å². The minimum absolute atomic E-state index is 0.0210. The molecule has 2 aromatic carbocycles. The summed E-state index contributed by atoms with van der Waals surface area (Å²) in [5.74, 6) is 0.237. The van der Waals surface area contributed by atoms with Crippen molar-refractivity contribution in [3.05, 3.63) is 87.0 Å². The van der Waals surface area contributed by atoms with Crippen LogP contribution in [-0.2, 0) is 11.3 Å². The molecule has 164 valence electrons. The number of nitrogens with zero attached hydrogens (tertiary/aromatic N) is 3. The fourth-order valence-electron chi connectivity index (χ4n) is 3.48. The zero-order valence-electron chi connectivity index (χ0n) is 18.4. The van der Waals surface area contributed by atoms with Crippen LogP contribution in [0.5, 0.6) is 0 Å². The third kappa shape index (κ3) is 4.64. The van der Waals surface area contributed by atoms with Gasteiger partial charge in [0.1, 0.15) is 4.70 Å². The van der Waals surface area contributed by atoms with Gasteiger partial charge < -0.3 is 4.90 Å². The Bertz CT molecular complexity index is 1310. The molecular weight excluding hydrogens is 438 g/mol. The molecule has 0 unspecified atom stereocenters. The van der Waals surface area contributed by atoms with Crippen LogP contribution in [0.15, 0.2) is 69.9 Å². The predicted octanol–water partition coefficient (Wildman–Crippen LogP) is 5.20.